The number of nitrogens with zero attached hydrogens (tertiary/aromatic N) is 4. The van der Waals surface area contributed by atoms with Gasteiger partial charge < -0.3 is 9.15 Å². The van der Waals surface area contributed by atoms with Crippen molar-refractivity contribution in [1.82, 2.24) is 19.5 Å². The van der Waals surface area contributed by atoms with Gasteiger partial charge in [-0.2, -0.15) is 0 Å². The zero-order chi connectivity index (χ0) is 19.6. The van der Waals surface area contributed by atoms with E-state index in [9.17, 15) is 0 Å². The van der Waals surface area contributed by atoms with E-state index in [0.717, 1.165) is 44.5 Å². The number of benzene rings is 1. The van der Waals surface area contributed by atoms with Crippen molar-refractivity contribution in [1.29, 1.82) is 0 Å². The fraction of sp³-hybridized carbons (Fsp3) is 0.318. The Hall–Kier alpha value is -2.70. The average Bonchev–Trinajstić information content (AvgIpc) is 3.42. The van der Waals surface area contributed by atoms with Gasteiger partial charge in [0.2, 0.25) is 0 Å². The summed E-state index contributed by atoms with van der Waals surface area (Å²) in [4.78, 5) is 14.0. The number of aromatic nitrogens is 4. The molecule has 1 aromatic carbocycles. The molecule has 6 nitrogen and oxygen atoms in total. The molecule has 1 unspecified atom stereocenters. The third kappa shape index (κ3) is 3.66. The molecule has 148 valence electrons. The van der Waals surface area contributed by atoms with Crippen molar-refractivity contribution in [2.45, 2.75) is 38.3 Å². The van der Waals surface area contributed by atoms with E-state index in [1.807, 2.05) is 18.2 Å². The number of furan rings is 1. The van der Waals surface area contributed by atoms with Crippen LogP contribution in [0.5, 0.6) is 0 Å². The van der Waals surface area contributed by atoms with Gasteiger partial charge in [-0.05, 0) is 43.4 Å². The largest absolute Gasteiger partial charge is 0.461 e. The van der Waals surface area contributed by atoms with Crippen molar-refractivity contribution in [3.8, 4) is 11.6 Å². The van der Waals surface area contributed by atoms with E-state index in [-0.39, 0.29) is 6.23 Å². The van der Waals surface area contributed by atoms with Crippen LogP contribution in [0.25, 0.3) is 22.7 Å². The van der Waals surface area contributed by atoms with E-state index in [0.29, 0.717) is 27.9 Å². The van der Waals surface area contributed by atoms with Crippen LogP contribution in [-0.4, -0.2) is 26.1 Å². The average molecular weight is 409 g/mol. The van der Waals surface area contributed by atoms with Crippen LogP contribution in [-0.2, 0) is 17.6 Å². The number of hydrogen-bond donors (Lipinski definition) is 0. The van der Waals surface area contributed by atoms with Gasteiger partial charge in [-0.1, -0.05) is 41.9 Å². The van der Waals surface area contributed by atoms with Gasteiger partial charge in [-0.15, -0.1) is 0 Å². The number of aryl methyl sites for hydroxylation is 2. The quantitative estimate of drug-likeness (QED) is 0.423. The summed E-state index contributed by atoms with van der Waals surface area (Å²) in [5, 5.41) is 0.330. The number of halogens is 1. The summed E-state index contributed by atoms with van der Waals surface area (Å²) in [5.74, 6) is 1.96. The normalized spacial score (nSPS) is 17.1. The minimum absolute atomic E-state index is 0.0880. The maximum Gasteiger partial charge on any atom is 0.199 e. The number of ether oxygens (including phenoxy) is 1. The molecule has 1 atom stereocenters. The first-order chi connectivity index (χ1) is 14.3. The lowest BCUT2D eigenvalue weighted by atomic mass is 10.1. The zero-order valence-corrected chi connectivity index (χ0v) is 16.7. The lowest BCUT2D eigenvalue weighted by Gasteiger charge is -2.25. The van der Waals surface area contributed by atoms with Crippen LogP contribution >= 0.6 is 11.6 Å². The minimum atomic E-state index is -0.0880. The lowest BCUT2D eigenvalue weighted by molar-refractivity contribution is -0.0313. The molecular weight excluding hydrogens is 388 g/mol. The highest BCUT2D eigenvalue weighted by Gasteiger charge is 2.25. The summed E-state index contributed by atoms with van der Waals surface area (Å²) < 4.78 is 13.7. The standard InChI is InChI=1S/C22H21ClN4O2/c23-20-19-22(26-21(25-20)16-9-6-14-28-16)27(18-10-4-5-13-29-18)17(24-19)12-11-15-7-2-1-3-8-15/h1-3,6-9,14,18H,4-5,10-13H2. The Morgan fingerprint density at radius 1 is 1.00 bits per heavy atom. The van der Waals surface area contributed by atoms with Crippen molar-refractivity contribution in [2.75, 3.05) is 6.61 Å². The monoisotopic (exact) mass is 408 g/mol. The van der Waals surface area contributed by atoms with Gasteiger partial charge >= 0.3 is 0 Å². The van der Waals surface area contributed by atoms with Gasteiger partial charge in [0.25, 0.3) is 0 Å². The van der Waals surface area contributed by atoms with Gasteiger partial charge in [0, 0.05) is 13.0 Å². The molecule has 4 heterocycles. The van der Waals surface area contributed by atoms with Crippen molar-refractivity contribution < 1.29 is 9.15 Å². The summed E-state index contributed by atoms with van der Waals surface area (Å²) in [6.07, 6.45) is 6.29. The predicted molar refractivity (Wildman–Crippen MR) is 111 cm³/mol. The van der Waals surface area contributed by atoms with E-state index in [1.165, 1.54) is 5.56 Å². The first-order valence-corrected chi connectivity index (χ1v) is 10.3. The smallest absolute Gasteiger partial charge is 0.199 e. The number of hydrogen-bond acceptors (Lipinski definition) is 5. The molecule has 0 spiro atoms. The molecule has 5 rings (SSSR count). The molecule has 0 radical (unpaired) electrons. The zero-order valence-electron chi connectivity index (χ0n) is 15.9. The summed E-state index contributed by atoms with van der Waals surface area (Å²) in [5.41, 5.74) is 2.58. The molecule has 1 fully saturated rings. The molecule has 0 aliphatic carbocycles. The summed E-state index contributed by atoms with van der Waals surface area (Å²) in [7, 11) is 0. The molecule has 0 bridgehead atoms. The maximum absolute atomic E-state index is 6.51. The molecule has 7 heteroatoms. The van der Waals surface area contributed by atoms with Gasteiger partial charge in [0.05, 0.1) is 6.26 Å². The Bertz CT molecular complexity index is 1100. The minimum Gasteiger partial charge on any atom is -0.461 e. The highest BCUT2D eigenvalue weighted by Crippen LogP contribution is 2.32. The molecular formula is C22H21ClN4O2. The van der Waals surface area contributed by atoms with E-state index in [4.69, 9.17) is 30.7 Å². The fourth-order valence-electron chi connectivity index (χ4n) is 3.81. The second-order valence-corrected chi connectivity index (χ2v) is 7.55. The molecule has 1 saturated heterocycles. The van der Waals surface area contributed by atoms with Crippen LogP contribution in [0.3, 0.4) is 0 Å². The van der Waals surface area contributed by atoms with E-state index < -0.39 is 0 Å². The van der Waals surface area contributed by atoms with Crippen LogP contribution in [0.15, 0.2) is 53.1 Å². The second kappa shape index (κ2) is 7.97. The van der Waals surface area contributed by atoms with Crippen LogP contribution in [0.2, 0.25) is 5.15 Å². The van der Waals surface area contributed by atoms with Crippen LogP contribution in [0.1, 0.15) is 36.9 Å². The SMILES string of the molecule is Clc1nc(-c2ccco2)nc2c1nc(CCc1ccccc1)n2C1CCCCO1. The van der Waals surface area contributed by atoms with Crippen molar-refractivity contribution in [2.24, 2.45) is 0 Å². The Morgan fingerprint density at radius 2 is 1.90 bits per heavy atom. The third-order valence-corrected chi connectivity index (χ3v) is 5.50. The van der Waals surface area contributed by atoms with Crippen molar-refractivity contribution in [3.63, 3.8) is 0 Å². The summed E-state index contributed by atoms with van der Waals surface area (Å²) >= 11 is 6.51. The van der Waals surface area contributed by atoms with Gasteiger partial charge in [-0.3, -0.25) is 4.57 Å². The van der Waals surface area contributed by atoms with Crippen LogP contribution in [0.4, 0.5) is 0 Å². The van der Waals surface area contributed by atoms with Gasteiger partial charge in [-0.25, -0.2) is 15.0 Å². The van der Waals surface area contributed by atoms with Gasteiger partial charge in [0.1, 0.15) is 17.6 Å². The number of imidazole rings is 1. The van der Waals surface area contributed by atoms with Crippen molar-refractivity contribution in [3.05, 3.63) is 65.3 Å². The summed E-state index contributed by atoms with van der Waals surface area (Å²) in [6.45, 7) is 0.742. The topological polar surface area (TPSA) is 66.0 Å². The Kier molecular flexibility index (Phi) is 5.04. The Balaban J connectivity index is 1.60. The molecule has 29 heavy (non-hydrogen) atoms. The number of fused-ring (bicyclic) bond motifs is 1. The Morgan fingerprint density at radius 3 is 2.66 bits per heavy atom. The lowest BCUT2D eigenvalue weighted by Crippen LogP contribution is -2.20. The highest BCUT2D eigenvalue weighted by molar-refractivity contribution is 6.33. The molecule has 1 aliphatic heterocycles. The Labute approximate surface area is 173 Å². The van der Waals surface area contributed by atoms with Gasteiger partial charge in [0.15, 0.2) is 22.4 Å². The first-order valence-electron chi connectivity index (χ1n) is 9.93. The molecule has 0 amide bonds. The number of rotatable bonds is 5. The molecule has 1 aliphatic rings. The molecule has 4 aromatic rings. The fourth-order valence-corrected chi connectivity index (χ4v) is 4.02. The third-order valence-electron chi connectivity index (χ3n) is 5.24. The van der Waals surface area contributed by atoms with E-state index in [2.05, 4.69) is 33.8 Å². The van der Waals surface area contributed by atoms with Crippen molar-refractivity contribution >= 4 is 22.8 Å². The van der Waals surface area contributed by atoms with E-state index in [1.54, 1.807) is 6.26 Å². The van der Waals surface area contributed by atoms with E-state index >= 15 is 0 Å². The summed E-state index contributed by atoms with van der Waals surface area (Å²) in [6, 6.07) is 14.0. The molecule has 0 saturated carbocycles. The van der Waals surface area contributed by atoms with Crippen LogP contribution < -0.4 is 0 Å². The first kappa shape index (κ1) is 18.3. The highest BCUT2D eigenvalue weighted by atomic mass is 35.5. The second-order valence-electron chi connectivity index (χ2n) is 7.19. The molecule has 3 aromatic heterocycles. The van der Waals surface area contributed by atoms with Crippen LogP contribution in [0, 0.1) is 0 Å². The predicted octanol–water partition coefficient (Wildman–Crippen LogP) is 5.22. The molecule has 0 N–H and O–H groups in total. The maximum atomic E-state index is 6.51.